The number of nitrogens with one attached hydrogen (secondary N) is 1. The fourth-order valence-corrected chi connectivity index (χ4v) is 5.59. The van der Waals surface area contributed by atoms with Crippen LogP contribution in [0.1, 0.15) is 57.7 Å². The van der Waals surface area contributed by atoms with Crippen LogP contribution in [0.2, 0.25) is 0 Å². The van der Waals surface area contributed by atoms with Gasteiger partial charge in [-0.05, 0) is 71.6 Å². The van der Waals surface area contributed by atoms with E-state index in [4.69, 9.17) is 9.97 Å². The van der Waals surface area contributed by atoms with Crippen LogP contribution in [0.5, 0.6) is 0 Å². The maximum Gasteiger partial charge on any atom is 0.223 e. The van der Waals surface area contributed by atoms with Crippen LogP contribution in [-0.2, 0) is 4.79 Å². The van der Waals surface area contributed by atoms with Gasteiger partial charge in [0.1, 0.15) is 17.5 Å². The monoisotopic (exact) mass is 471 g/mol. The van der Waals surface area contributed by atoms with E-state index in [1.807, 2.05) is 6.92 Å². The third kappa shape index (κ3) is 7.04. The molecule has 8 nitrogen and oxygen atoms in total. The molecule has 3 fully saturated rings. The smallest absolute Gasteiger partial charge is 0.223 e. The lowest BCUT2D eigenvalue weighted by Gasteiger charge is -2.36. The zero-order valence-electron chi connectivity index (χ0n) is 21.5. The Labute approximate surface area is 206 Å². The molecular formula is C26H45N7O. The van der Waals surface area contributed by atoms with Gasteiger partial charge >= 0.3 is 0 Å². The molecule has 0 bridgehead atoms. The van der Waals surface area contributed by atoms with Gasteiger partial charge in [0.2, 0.25) is 5.91 Å². The van der Waals surface area contributed by atoms with Crippen molar-refractivity contribution in [3.05, 3.63) is 11.9 Å². The Morgan fingerprint density at radius 1 is 0.882 bits per heavy atom. The Morgan fingerprint density at radius 2 is 1.50 bits per heavy atom. The van der Waals surface area contributed by atoms with Crippen LogP contribution in [0.25, 0.3) is 0 Å². The second-order valence-corrected chi connectivity index (χ2v) is 10.3. The average molecular weight is 472 g/mol. The van der Waals surface area contributed by atoms with Crippen molar-refractivity contribution in [2.24, 2.45) is 5.92 Å². The van der Waals surface area contributed by atoms with Gasteiger partial charge in [0.25, 0.3) is 0 Å². The molecule has 0 unspecified atom stereocenters. The van der Waals surface area contributed by atoms with Gasteiger partial charge in [-0.3, -0.25) is 9.69 Å². The highest BCUT2D eigenvalue weighted by atomic mass is 16.1. The molecule has 4 heterocycles. The van der Waals surface area contributed by atoms with Crippen LogP contribution in [-0.4, -0.2) is 97.7 Å². The molecule has 0 atom stereocenters. The molecule has 3 aliphatic rings. The number of carbonyl (C=O) groups excluding carboxylic acids is 1. The third-order valence-corrected chi connectivity index (χ3v) is 7.64. The second kappa shape index (κ2) is 12.7. The van der Waals surface area contributed by atoms with Crippen molar-refractivity contribution >= 4 is 17.5 Å². The van der Waals surface area contributed by atoms with Crippen LogP contribution in [0, 0.1) is 12.8 Å². The minimum absolute atomic E-state index is 0.125. The first kappa shape index (κ1) is 25.2. The maximum absolute atomic E-state index is 12.7. The molecule has 8 heteroatoms. The lowest BCUT2D eigenvalue weighted by molar-refractivity contribution is -0.125. The van der Waals surface area contributed by atoms with E-state index in [0.29, 0.717) is 0 Å². The minimum atomic E-state index is 0.125. The van der Waals surface area contributed by atoms with Gasteiger partial charge in [0, 0.05) is 57.8 Å². The largest absolute Gasteiger partial charge is 0.356 e. The second-order valence-electron chi connectivity index (χ2n) is 10.3. The van der Waals surface area contributed by atoms with Gasteiger partial charge in [-0.2, -0.15) is 0 Å². The van der Waals surface area contributed by atoms with E-state index in [2.05, 4.69) is 37.9 Å². The highest BCUT2D eigenvalue weighted by molar-refractivity contribution is 5.79. The summed E-state index contributed by atoms with van der Waals surface area (Å²) in [5.74, 6) is 3.26. The number of carbonyl (C=O) groups is 1. The summed E-state index contributed by atoms with van der Waals surface area (Å²) in [6, 6.07) is 2.16. The first-order valence-electron chi connectivity index (χ1n) is 13.7. The molecule has 190 valence electrons. The van der Waals surface area contributed by atoms with Gasteiger partial charge in [-0.1, -0.05) is 13.3 Å². The topological polar surface area (TPSA) is 67.8 Å². The number of nitrogens with zero attached hydrogens (tertiary/aromatic N) is 6. The van der Waals surface area contributed by atoms with Crippen LogP contribution in [0.3, 0.4) is 0 Å². The predicted molar refractivity (Wildman–Crippen MR) is 139 cm³/mol. The van der Waals surface area contributed by atoms with Gasteiger partial charge < -0.3 is 20.0 Å². The van der Waals surface area contributed by atoms with Crippen molar-refractivity contribution in [1.29, 1.82) is 0 Å². The van der Waals surface area contributed by atoms with E-state index in [9.17, 15) is 4.79 Å². The fourth-order valence-electron chi connectivity index (χ4n) is 5.59. The minimum Gasteiger partial charge on any atom is -0.356 e. The molecule has 1 amide bonds. The Kier molecular flexibility index (Phi) is 9.39. The Morgan fingerprint density at radius 3 is 2.15 bits per heavy atom. The summed E-state index contributed by atoms with van der Waals surface area (Å²) >= 11 is 0. The summed E-state index contributed by atoms with van der Waals surface area (Å²) in [5.41, 5.74) is 0. The molecule has 0 saturated carbocycles. The summed E-state index contributed by atoms with van der Waals surface area (Å²) in [5, 5.41) is 3.20. The van der Waals surface area contributed by atoms with Crippen LogP contribution >= 0.6 is 0 Å². The SMILES string of the molecule is CCCN1CCN(c2cc(N3CCC(C(=O)NCCCN4CCCCC4)CC3)nc(C)n2)CC1. The number of amides is 1. The first-order chi connectivity index (χ1) is 16.6. The van der Waals surface area contributed by atoms with Gasteiger partial charge in [-0.15, -0.1) is 0 Å². The van der Waals surface area contributed by atoms with E-state index in [1.54, 1.807) is 0 Å². The number of anilines is 2. The van der Waals surface area contributed by atoms with Crippen LogP contribution in [0.4, 0.5) is 11.6 Å². The molecule has 1 N–H and O–H groups in total. The zero-order valence-corrected chi connectivity index (χ0v) is 21.5. The van der Waals surface area contributed by atoms with E-state index >= 15 is 0 Å². The van der Waals surface area contributed by atoms with Crippen LogP contribution < -0.4 is 15.1 Å². The van der Waals surface area contributed by atoms with Crippen molar-refractivity contribution in [2.45, 2.75) is 58.8 Å². The summed E-state index contributed by atoms with van der Waals surface area (Å²) < 4.78 is 0. The van der Waals surface area contributed by atoms with E-state index in [-0.39, 0.29) is 11.8 Å². The molecule has 34 heavy (non-hydrogen) atoms. The molecular weight excluding hydrogens is 426 g/mol. The van der Waals surface area contributed by atoms with E-state index in [1.165, 1.54) is 45.3 Å². The summed E-state index contributed by atoms with van der Waals surface area (Å²) in [4.78, 5) is 32.0. The highest BCUT2D eigenvalue weighted by Gasteiger charge is 2.26. The van der Waals surface area contributed by atoms with Crippen LogP contribution in [0.15, 0.2) is 6.07 Å². The lowest BCUT2D eigenvalue weighted by Crippen LogP contribution is -2.47. The molecule has 0 spiro atoms. The van der Waals surface area contributed by atoms with Crippen molar-refractivity contribution in [1.82, 2.24) is 25.1 Å². The third-order valence-electron chi connectivity index (χ3n) is 7.64. The highest BCUT2D eigenvalue weighted by Crippen LogP contribution is 2.25. The van der Waals surface area contributed by atoms with Gasteiger partial charge in [-0.25, -0.2) is 9.97 Å². The Balaban J connectivity index is 1.21. The number of hydrogen-bond acceptors (Lipinski definition) is 7. The molecule has 4 rings (SSSR count). The summed E-state index contributed by atoms with van der Waals surface area (Å²) in [7, 11) is 0. The molecule has 1 aromatic rings. The Bertz CT molecular complexity index is 766. The molecule has 0 aliphatic carbocycles. The lowest BCUT2D eigenvalue weighted by atomic mass is 9.96. The maximum atomic E-state index is 12.7. The average Bonchev–Trinajstić information content (AvgIpc) is 2.87. The van der Waals surface area contributed by atoms with Crippen molar-refractivity contribution < 1.29 is 4.79 Å². The van der Waals surface area contributed by atoms with E-state index < -0.39 is 0 Å². The molecule has 3 saturated heterocycles. The molecule has 0 aromatic carbocycles. The number of piperazine rings is 1. The number of piperidine rings is 2. The van der Waals surface area contributed by atoms with Gasteiger partial charge in [0.05, 0.1) is 0 Å². The quantitative estimate of drug-likeness (QED) is 0.555. The van der Waals surface area contributed by atoms with Crippen molar-refractivity contribution in [2.75, 3.05) is 81.8 Å². The zero-order chi connectivity index (χ0) is 23.8. The standard InChI is InChI=1S/C26H45N7O/c1-3-11-30-17-19-33(20-18-30)25-21-24(28-22(2)29-25)32-15-8-23(9-16-32)26(34)27-10-7-14-31-12-5-4-6-13-31/h21,23H,3-20H2,1-2H3,(H,27,34). The number of aromatic nitrogens is 2. The number of rotatable bonds is 9. The molecule has 1 aromatic heterocycles. The summed E-state index contributed by atoms with van der Waals surface area (Å²) in [6.07, 6.45) is 8.08. The number of hydrogen-bond donors (Lipinski definition) is 1. The number of aryl methyl sites for hydroxylation is 1. The first-order valence-corrected chi connectivity index (χ1v) is 13.7. The fraction of sp³-hybridized carbons (Fsp3) is 0.808. The van der Waals surface area contributed by atoms with E-state index in [0.717, 1.165) is 89.1 Å². The molecule has 3 aliphatic heterocycles. The normalized spacial score (nSPS) is 21.1. The Hall–Kier alpha value is -1.93. The number of likely N-dealkylation sites (tertiary alicyclic amines) is 1. The molecule has 0 radical (unpaired) electrons. The summed E-state index contributed by atoms with van der Waals surface area (Å²) in [6.45, 7) is 15.8. The van der Waals surface area contributed by atoms with Crippen molar-refractivity contribution in [3.63, 3.8) is 0 Å². The predicted octanol–water partition coefficient (Wildman–Crippen LogP) is 2.53. The van der Waals surface area contributed by atoms with Gasteiger partial charge in [0.15, 0.2) is 0 Å². The van der Waals surface area contributed by atoms with Crippen molar-refractivity contribution in [3.8, 4) is 0 Å².